The van der Waals surface area contributed by atoms with E-state index in [0.717, 1.165) is 0 Å². The Balaban J connectivity index is 0.000000280. The zero-order valence-electron chi connectivity index (χ0n) is 8.71. The summed E-state index contributed by atoms with van der Waals surface area (Å²) in [4.78, 5) is 0. The minimum atomic E-state index is 0. The van der Waals surface area contributed by atoms with Crippen molar-refractivity contribution >= 4 is 22.6 Å². The molecule has 0 aliphatic carbocycles. The molecule has 0 aliphatic rings. The zero-order chi connectivity index (χ0) is 10.2. The van der Waals surface area contributed by atoms with Gasteiger partial charge < -0.3 is 0 Å². The predicted molar refractivity (Wildman–Crippen MR) is 71.1 cm³/mol. The van der Waals surface area contributed by atoms with Crippen LogP contribution in [0.4, 0.5) is 0 Å². The fourth-order valence-electron chi connectivity index (χ4n) is 1.15. The standard InChI is InChI=1S/C8H10I.C5H5.Fe/c1-2-8(9)7-5-3-4-6-7;1-2-4-5-3-1;/h3-6,8H,2H2,1H3;1-5H;/q2*-1;+2. The van der Waals surface area contributed by atoms with Crippen LogP contribution in [0.3, 0.4) is 0 Å². The molecule has 0 bridgehead atoms. The van der Waals surface area contributed by atoms with Gasteiger partial charge in [-0.15, -0.1) is 0 Å². The van der Waals surface area contributed by atoms with Crippen LogP contribution in [0, 0.1) is 0 Å². The van der Waals surface area contributed by atoms with E-state index in [1.54, 1.807) is 0 Å². The molecule has 82 valence electrons. The third-order valence-corrected chi connectivity index (χ3v) is 3.56. The topological polar surface area (TPSA) is 0 Å². The first kappa shape index (κ1) is 14.9. The van der Waals surface area contributed by atoms with E-state index in [2.05, 4.69) is 53.8 Å². The van der Waals surface area contributed by atoms with Gasteiger partial charge in [-0.3, -0.25) is 0 Å². The average molecular weight is 354 g/mol. The Morgan fingerprint density at radius 1 is 1.20 bits per heavy atom. The van der Waals surface area contributed by atoms with Crippen LogP contribution in [0.2, 0.25) is 0 Å². The van der Waals surface area contributed by atoms with Gasteiger partial charge in [0, 0.05) is 3.92 Å². The van der Waals surface area contributed by atoms with Crippen LogP contribution in [-0.4, -0.2) is 0 Å². The van der Waals surface area contributed by atoms with E-state index in [4.69, 9.17) is 0 Å². The van der Waals surface area contributed by atoms with Gasteiger partial charge in [0.05, 0.1) is 0 Å². The average Bonchev–Trinajstić information content (AvgIpc) is 2.91. The van der Waals surface area contributed by atoms with E-state index in [1.165, 1.54) is 12.0 Å². The molecule has 1 atom stereocenters. The molecule has 0 amide bonds. The van der Waals surface area contributed by atoms with Gasteiger partial charge in [-0.05, 0) is 6.42 Å². The molecule has 15 heavy (non-hydrogen) atoms. The predicted octanol–water partition coefficient (Wildman–Crippen LogP) is 4.69. The van der Waals surface area contributed by atoms with Crippen LogP contribution in [0.1, 0.15) is 22.8 Å². The van der Waals surface area contributed by atoms with Crippen LogP contribution in [0.15, 0.2) is 54.6 Å². The summed E-state index contributed by atoms with van der Waals surface area (Å²) < 4.78 is 0.706. The summed E-state index contributed by atoms with van der Waals surface area (Å²) in [5.41, 5.74) is 1.46. The van der Waals surface area contributed by atoms with Crippen molar-refractivity contribution in [2.45, 2.75) is 17.3 Å². The van der Waals surface area contributed by atoms with E-state index in [0.29, 0.717) is 3.92 Å². The first-order valence-electron chi connectivity index (χ1n) is 4.87. The van der Waals surface area contributed by atoms with E-state index in [-0.39, 0.29) is 17.1 Å². The number of rotatable bonds is 2. The van der Waals surface area contributed by atoms with Crippen molar-refractivity contribution in [3.8, 4) is 0 Å². The molecule has 0 aliphatic heterocycles. The Hall–Kier alpha value is -0.0505. The summed E-state index contributed by atoms with van der Waals surface area (Å²) in [5.74, 6) is 0. The van der Waals surface area contributed by atoms with Crippen LogP contribution in [0.25, 0.3) is 0 Å². The van der Waals surface area contributed by atoms with Crippen molar-refractivity contribution in [3.63, 3.8) is 0 Å². The molecule has 2 aromatic rings. The van der Waals surface area contributed by atoms with Gasteiger partial charge in [0.1, 0.15) is 0 Å². The van der Waals surface area contributed by atoms with Crippen molar-refractivity contribution < 1.29 is 17.1 Å². The monoisotopic (exact) mass is 354 g/mol. The van der Waals surface area contributed by atoms with E-state index in [9.17, 15) is 0 Å². The van der Waals surface area contributed by atoms with Gasteiger partial charge in [0.15, 0.2) is 0 Å². The van der Waals surface area contributed by atoms with E-state index >= 15 is 0 Å². The van der Waals surface area contributed by atoms with Crippen LogP contribution < -0.4 is 0 Å². The van der Waals surface area contributed by atoms with Crippen molar-refractivity contribution in [2.75, 3.05) is 0 Å². The largest absolute Gasteiger partial charge is 2.00 e. The van der Waals surface area contributed by atoms with E-state index in [1.807, 2.05) is 30.3 Å². The number of alkyl halides is 1. The van der Waals surface area contributed by atoms with Crippen molar-refractivity contribution in [2.24, 2.45) is 0 Å². The molecule has 2 rings (SSSR count). The first-order valence-corrected chi connectivity index (χ1v) is 6.11. The second-order valence-electron chi connectivity index (χ2n) is 3.06. The molecule has 0 N–H and O–H groups in total. The molecule has 0 saturated carbocycles. The third kappa shape index (κ3) is 6.18. The maximum absolute atomic E-state index is 2.47. The Bertz CT molecular complexity index is 280. The van der Waals surface area contributed by atoms with Crippen LogP contribution >= 0.6 is 22.6 Å². The molecular formula is C13H15FeI. The molecule has 0 fully saturated rings. The summed E-state index contributed by atoms with van der Waals surface area (Å²) in [5, 5.41) is 0. The molecule has 1 unspecified atom stereocenters. The summed E-state index contributed by atoms with van der Waals surface area (Å²) in [6, 6.07) is 18.6. The maximum atomic E-state index is 2.47. The molecule has 0 radical (unpaired) electrons. The maximum Gasteiger partial charge on any atom is 2.00 e. The molecule has 2 aromatic carbocycles. The summed E-state index contributed by atoms with van der Waals surface area (Å²) in [7, 11) is 0. The Labute approximate surface area is 116 Å². The fraction of sp³-hybridized carbons (Fsp3) is 0.231. The third-order valence-electron chi connectivity index (χ3n) is 1.96. The molecule has 0 aromatic heterocycles. The molecular weight excluding hydrogens is 339 g/mol. The SMILES string of the molecule is CCC(I)c1ccc[cH-]1.[Fe+2].c1cc[cH-]c1. The van der Waals surface area contributed by atoms with Crippen molar-refractivity contribution in [1.29, 1.82) is 0 Å². The second kappa shape index (κ2) is 9.20. The van der Waals surface area contributed by atoms with Gasteiger partial charge in [-0.1, -0.05) is 29.5 Å². The number of hydrogen-bond acceptors (Lipinski definition) is 0. The smallest absolute Gasteiger partial charge is 0.214 e. The van der Waals surface area contributed by atoms with Gasteiger partial charge in [0.25, 0.3) is 0 Å². The van der Waals surface area contributed by atoms with E-state index < -0.39 is 0 Å². The van der Waals surface area contributed by atoms with Crippen molar-refractivity contribution in [3.05, 3.63) is 60.2 Å². The van der Waals surface area contributed by atoms with Gasteiger partial charge in [-0.25, -0.2) is 24.3 Å². The Morgan fingerprint density at radius 2 is 1.87 bits per heavy atom. The van der Waals surface area contributed by atoms with Gasteiger partial charge >= 0.3 is 17.1 Å². The van der Waals surface area contributed by atoms with Gasteiger partial charge in [0.2, 0.25) is 0 Å². The van der Waals surface area contributed by atoms with Crippen LogP contribution in [0.5, 0.6) is 0 Å². The molecule has 0 nitrogen and oxygen atoms in total. The Kier molecular flexibility index (Phi) is 9.16. The van der Waals surface area contributed by atoms with Crippen molar-refractivity contribution in [1.82, 2.24) is 0 Å². The molecule has 0 heterocycles. The minimum Gasteiger partial charge on any atom is -0.214 e. The number of halogens is 1. The molecule has 2 heteroatoms. The number of hydrogen-bond donors (Lipinski definition) is 0. The quantitative estimate of drug-likeness (QED) is 0.318. The van der Waals surface area contributed by atoms with Crippen LogP contribution in [-0.2, 0) is 17.1 Å². The molecule has 0 spiro atoms. The Morgan fingerprint density at radius 3 is 2.20 bits per heavy atom. The first-order chi connectivity index (χ1) is 6.84. The zero-order valence-corrected chi connectivity index (χ0v) is 12.0. The van der Waals surface area contributed by atoms with Gasteiger partial charge in [-0.2, -0.15) is 35.9 Å². The normalized spacial score (nSPS) is 10.8. The minimum absolute atomic E-state index is 0. The summed E-state index contributed by atoms with van der Waals surface area (Å²) in [6.45, 7) is 2.21. The molecule has 0 saturated heterocycles. The fourth-order valence-corrected chi connectivity index (χ4v) is 1.57. The second-order valence-corrected chi connectivity index (χ2v) is 4.56. The summed E-state index contributed by atoms with van der Waals surface area (Å²) >= 11 is 2.47. The summed E-state index contributed by atoms with van der Waals surface area (Å²) in [6.07, 6.45) is 1.23.